The minimum atomic E-state index is -0.487. The number of carbonyl (C=O) groups is 1. The van der Waals surface area contributed by atoms with E-state index in [0.29, 0.717) is 24.1 Å². The molecule has 6 heteroatoms. The van der Waals surface area contributed by atoms with Gasteiger partial charge in [-0.05, 0) is 25.0 Å². The molecule has 0 aliphatic carbocycles. The molecule has 0 fully saturated rings. The monoisotopic (exact) mass is 340 g/mol. The van der Waals surface area contributed by atoms with E-state index in [0.717, 1.165) is 5.56 Å². The Labute approximate surface area is 146 Å². The van der Waals surface area contributed by atoms with Gasteiger partial charge in [-0.15, -0.1) is 0 Å². The number of rotatable bonds is 7. The lowest BCUT2D eigenvalue weighted by Gasteiger charge is -2.06. The van der Waals surface area contributed by atoms with Crippen LogP contribution in [0.5, 0.6) is 0 Å². The second-order valence-electron chi connectivity index (χ2n) is 5.45. The smallest absolute Gasteiger partial charge is 0.407 e. The van der Waals surface area contributed by atoms with Gasteiger partial charge >= 0.3 is 6.09 Å². The van der Waals surface area contributed by atoms with Gasteiger partial charge in [-0.3, -0.25) is 10.1 Å². The van der Waals surface area contributed by atoms with Crippen molar-refractivity contribution in [3.8, 4) is 0 Å². The Morgan fingerprint density at radius 1 is 1.20 bits per heavy atom. The molecule has 130 valence electrons. The number of para-hydroxylation sites is 1. The lowest BCUT2D eigenvalue weighted by molar-refractivity contribution is -0.385. The van der Waals surface area contributed by atoms with Crippen LogP contribution in [0.25, 0.3) is 6.08 Å². The standard InChI is InChI=1S/C19H20N2O4/c1-15-8-7-12-17(18(15)21(23)24)11-5-6-13-20-19(22)25-14-16-9-3-2-4-10-16/h2-5,7-12H,6,13-14H2,1H3,(H,20,22). The van der Waals surface area contributed by atoms with Gasteiger partial charge in [0.2, 0.25) is 0 Å². The van der Waals surface area contributed by atoms with Crippen molar-refractivity contribution >= 4 is 17.9 Å². The topological polar surface area (TPSA) is 81.5 Å². The third-order valence-electron chi connectivity index (χ3n) is 3.54. The number of carbonyl (C=O) groups excluding carboxylic acids is 1. The maximum Gasteiger partial charge on any atom is 0.407 e. The summed E-state index contributed by atoms with van der Waals surface area (Å²) >= 11 is 0. The molecule has 6 nitrogen and oxygen atoms in total. The number of alkyl carbamates (subject to hydrolysis) is 1. The van der Waals surface area contributed by atoms with Crippen molar-refractivity contribution in [2.24, 2.45) is 0 Å². The molecule has 0 saturated carbocycles. The number of nitrogens with one attached hydrogen (secondary N) is 1. The number of benzene rings is 2. The fraction of sp³-hybridized carbons (Fsp3) is 0.211. The molecule has 25 heavy (non-hydrogen) atoms. The van der Waals surface area contributed by atoms with Crippen LogP contribution in [0.2, 0.25) is 0 Å². The SMILES string of the molecule is Cc1cccc(C=CCCNC(=O)OCc2ccccc2)c1[N+](=O)[O-]. The van der Waals surface area contributed by atoms with E-state index < -0.39 is 6.09 Å². The Kier molecular flexibility index (Phi) is 6.71. The Bertz CT molecular complexity index is 757. The van der Waals surface area contributed by atoms with E-state index in [1.54, 1.807) is 37.3 Å². The highest BCUT2D eigenvalue weighted by atomic mass is 16.6. The van der Waals surface area contributed by atoms with E-state index in [1.807, 2.05) is 30.3 Å². The highest BCUT2D eigenvalue weighted by molar-refractivity contribution is 5.67. The van der Waals surface area contributed by atoms with E-state index in [2.05, 4.69) is 5.32 Å². The summed E-state index contributed by atoms with van der Waals surface area (Å²) in [7, 11) is 0. The summed E-state index contributed by atoms with van der Waals surface area (Å²) in [6.45, 7) is 2.32. The quantitative estimate of drug-likeness (QED) is 0.464. The number of nitro groups is 1. The first kappa shape index (κ1) is 18.2. The van der Waals surface area contributed by atoms with Gasteiger partial charge in [-0.1, -0.05) is 54.6 Å². The van der Waals surface area contributed by atoms with Gasteiger partial charge in [-0.2, -0.15) is 0 Å². The van der Waals surface area contributed by atoms with E-state index in [9.17, 15) is 14.9 Å². The zero-order valence-corrected chi connectivity index (χ0v) is 14.0. The molecule has 0 aliphatic rings. The summed E-state index contributed by atoms with van der Waals surface area (Å²) in [5.74, 6) is 0. The fourth-order valence-corrected chi connectivity index (χ4v) is 2.31. The lowest BCUT2D eigenvalue weighted by Crippen LogP contribution is -2.24. The zero-order chi connectivity index (χ0) is 18.1. The second kappa shape index (κ2) is 9.22. The molecule has 1 amide bonds. The summed E-state index contributed by atoms with van der Waals surface area (Å²) in [6, 6.07) is 14.6. The van der Waals surface area contributed by atoms with E-state index in [-0.39, 0.29) is 17.2 Å². The van der Waals surface area contributed by atoms with Gasteiger partial charge in [0.1, 0.15) is 6.61 Å². The van der Waals surface area contributed by atoms with Gasteiger partial charge in [0.05, 0.1) is 10.5 Å². The summed E-state index contributed by atoms with van der Waals surface area (Å²) < 4.78 is 5.10. The van der Waals surface area contributed by atoms with Crippen molar-refractivity contribution in [1.29, 1.82) is 0 Å². The maximum atomic E-state index is 11.6. The molecule has 1 N–H and O–H groups in total. The van der Waals surface area contributed by atoms with Crippen molar-refractivity contribution in [3.05, 3.63) is 81.4 Å². The van der Waals surface area contributed by atoms with Crippen LogP contribution in [0.1, 0.15) is 23.1 Å². The number of nitro benzene ring substituents is 1. The van der Waals surface area contributed by atoms with Gasteiger partial charge < -0.3 is 10.1 Å². The third kappa shape index (κ3) is 5.76. The Morgan fingerprint density at radius 3 is 2.68 bits per heavy atom. The number of amides is 1. The van der Waals surface area contributed by atoms with Gasteiger partial charge in [-0.25, -0.2) is 4.79 Å². The van der Waals surface area contributed by atoms with Crippen molar-refractivity contribution in [2.45, 2.75) is 20.0 Å². The molecular formula is C19H20N2O4. The highest BCUT2D eigenvalue weighted by Gasteiger charge is 2.14. The number of ether oxygens (including phenoxy) is 1. The summed E-state index contributed by atoms with van der Waals surface area (Å²) in [5, 5.41) is 13.7. The first-order chi connectivity index (χ1) is 12.1. The van der Waals surface area contributed by atoms with E-state index in [1.165, 1.54) is 0 Å². The number of nitrogens with zero attached hydrogens (tertiary/aromatic N) is 1. The van der Waals surface area contributed by atoms with Crippen molar-refractivity contribution < 1.29 is 14.5 Å². The Hall–Kier alpha value is -3.15. The molecule has 2 aromatic carbocycles. The Morgan fingerprint density at radius 2 is 1.96 bits per heavy atom. The summed E-state index contributed by atoms with van der Waals surface area (Å²) in [6.07, 6.45) is 3.55. The molecule has 0 unspecified atom stereocenters. The summed E-state index contributed by atoms with van der Waals surface area (Å²) in [5.41, 5.74) is 2.20. The molecule has 0 aliphatic heterocycles. The molecule has 2 aromatic rings. The van der Waals surface area contributed by atoms with Gasteiger partial charge in [0.15, 0.2) is 0 Å². The molecule has 0 aromatic heterocycles. The number of aryl methyl sites for hydroxylation is 1. The average molecular weight is 340 g/mol. The van der Waals surface area contributed by atoms with Crippen LogP contribution in [0.3, 0.4) is 0 Å². The van der Waals surface area contributed by atoms with Gasteiger partial charge in [0.25, 0.3) is 5.69 Å². The largest absolute Gasteiger partial charge is 0.445 e. The molecule has 0 radical (unpaired) electrons. The zero-order valence-electron chi connectivity index (χ0n) is 14.0. The van der Waals surface area contributed by atoms with Crippen molar-refractivity contribution in [2.75, 3.05) is 6.54 Å². The van der Waals surface area contributed by atoms with Crippen LogP contribution in [0.4, 0.5) is 10.5 Å². The molecular weight excluding hydrogens is 320 g/mol. The maximum absolute atomic E-state index is 11.6. The minimum Gasteiger partial charge on any atom is -0.445 e. The predicted octanol–water partition coefficient (Wildman–Crippen LogP) is 4.23. The van der Waals surface area contributed by atoms with Crippen LogP contribution >= 0.6 is 0 Å². The summed E-state index contributed by atoms with van der Waals surface area (Å²) in [4.78, 5) is 22.3. The van der Waals surface area contributed by atoms with Crippen LogP contribution < -0.4 is 5.32 Å². The molecule has 0 saturated heterocycles. The van der Waals surface area contributed by atoms with Gasteiger partial charge in [0, 0.05) is 12.1 Å². The first-order valence-corrected chi connectivity index (χ1v) is 7.93. The molecule has 2 rings (SSSR count). The highest BCUT2D eigenvalue weighted by Crippen LogP contribution is 2.24. The molecule has 0 heterocycles. The fourth-order valence-electron chi connectivity index (χ4n) is 2.31. The number of hydrogen-bond acceptors (Lipinski definition) is 4. The van der Waals surface area contributed by atoms with E-state index in [4.69, 9.17) is 4.74 Å². The van der Waals surface area contributed by atoms with Crippen LogP contribution in [-0.4, -0.2) is 17.6 Å². The van der Waals surface area contributed by atoms with Crippen LogP contribution in [0, 0.1) is 17.0 Å². The Balaban J connectivity index is 1.76. The van der Waals surface area contributed by atoms with Crippen molar-refractivity contribution in [3.63, 3.8) is 0 Å². The molecule has 0 spiro atoms. The third-order valence-corrected chi connectivity index (χ3v) is 3.54. The van der Waals surface area contributed by atoms with E-state index >= 15 is 0 Å². The minimum absolute atomic E-state index is 0.106. The molecule has 0 bridgehead atoms. The van der Waals surface area contributed by atoms with Crippen molar-refractivity contribution in [1.82, 2.24) is 5.32 Å². The van der Waals surface area contributed by atoms with Crippen LogP contribution in [0.15, 0.2) is 54.6 Å². The average Bonchev–Trinajstić information content (AvgIpc) is 2.60. The normalized spacial score (nSPS) is 10.6. The predicted molar refractivity (Wildman–Crippen MR) is 96.1 cm³/mol. The number of hydrogen-bond donors (Lipinski definition) is 1. The van der Waals surface area contributed by atoms with Crippen LogP contribution in [-0.2, 0) is 11.3 Å². The first-order valence-electron chi connectivity index (χ1n) is 7.93. The second-order valence-corrected chi connectivity index (χ2v) is 5.45. The lowest BCUT2D eigenvalue weighted by atomic mass is 10.1. The molecule has 0 atom stereocenters.